The number of carbonyl (C=O) groups excluding carboxylic acids is 1. The first-order chi connectivity index (χ1) is 12.8. The standard InChI is InChI=1S/C23H35NO3/c1-14(24-26)19-7-8-20-18-6-5-16-13-17(27-15(2)25)9-11-22(16,3)21(18)10-12-23(19,20)4/h7,16-18,20-21,26H,5-6,8-13H2,1-4H3/b24-14-/t16-,17+,18-,20-,21-,22-,23+/m0/s1. The highest BCUT2D eigenvalue weighted by atomic mass is 16.5. The van der Waals surface area contributed by atoms with Crippen molar-refractivity contribution in [2.45, 2.75) is 85.2 Å². The molecular formula is C23H35NO3. The third-order valence-corrected chi connectivity index (χ3v) is 9.07. The van der Waals surface area contributed by atoms with Crippen LogP contribution in [0.4, 0.5) is 0 Å². The Labute approximate surface area is 163 Å². The van der Waals surface area contributed by atoms with Gasteiger partial charge >= 0.3 is 5.97 Å². The molecule has 0 amide bonds. The second-order valence-corrected chi connectivity index (χ2v) is 10.2. The van der Waals surface area contributed by atoms with E-state index in [0.717, 1.165) is 36.8 Å². The first kappa shape index (κ1) is 19.0. The molecule has 4 heteroatoms. The zero-order valence-corrected chi connectivity index (χ0v) is 17.3. The summed E-state index contributed by atoms with van der Waals surface area (Å²) in [5.41, 5.74) is 2.67. The Kier molecular flexibility index (Phi) is 4.67. The van der Waals surface area contributed by atoms with Crippen LogP contribution in [0, 0.1) is 34.5 Å². The normalized spacial score (nSPS) is 46.7. The predicted molar refractivity (Wildman–Crippen MR) is 106 cm³/mol. The van der Waals surface area contributed by atoms with Crippen molar-refractivity contribution in [3.05, 3.63) is 11.6 Å². The molecule has 150 valence electrons. The van der Waals surface area contributed by atoms with Crippen LogP contribution in [0.2, 0.25) is 0 Å². The molecule has 0 spiro atoms. The Morgan fingerprint density at radius 2 is 1.93 bits per heavy atom. The summed E-state index contributed by atoms with van der Waals surface area (Å²) in [5, 5.41) is 12.9. The van der Waals surface area contributed by atoms with E-state index < -0.39 is 0 Å². The molecule has 1 N–H and O–H groups in total. The van der Waals surface area contributed by atoms with E-state index in [1.54, 1.807) is 0 Å². The van der Waals surface area contributed by atoms with E-state index in [1.807, 2.05) is 6.92 Å². The van der Waals surface area contributed by atoms with Gasteiger partial charge in [-0.2, -0.15) is 0 Å². The molecule has 0 heterocycles. The zero-order chi connectivity index (χ0) is 19.4. The molecule has 0 bridgehead atoms. The van der Waals surface area contributed by atoms with E-state index in [9.17, 15) is 10.0 Å². The molecule has 27 heavy (non-hydrogen) atoms. The molecule has 0 aromatic rings. The fourth-order valence-electron chi connectivity index (χ4n) is 7.74. The van der Waals surface area contributed by atoms with Gasteiger partial charge in [0.2, 0.25) is 0 Å². The van der Waals surface area contributed by atoms with Crippen molar-refractivity contribution in [3.63, 3.8) is 0 Å². The van der Waals surface area contributed by atoms with Crippen molar-refractivity contribution in [3.8, 4) is 0 Å². The maximum atomic E-state index is 11.4. The molecule has 0 aromatic carbocycles. The number of rotatable bonds is 2. The smallest absolute Gasteiger partial charge is 0.302 e. The van der Waals surface area contributed by atoms with Crippen LogP contribution < -0.4 is 0 Å². The Balaban J connectivity index is 1.54. The average Bonchev–Trinajstić information content (AvgIpc) is 2.98. The molecule has 0 aromatic heterocycles. The number of oxime groups is 1. The lowest BCUT2D eigenvalue weighted by atomic mass is 9.44. The van der Waals surface area contributed by atoms with Gasteiger partial charge in [-0.3, -0.25) is 4.79 Å². The summed E-state index contributed by atoms with van der Waals surface area (Å²) in [7, 11) is 0. The van der Waals surface area contributed by atoms with Gasteiger partial charge in [-0.25, -0.2) is 0 Å². The second-order valence-electron chi connectivity index (χ2n) is 10.2. The number of nitrogens with zero attached hydrogens (tertiary/aromatic N) is 1. The molecular weight excluding hydrogens is 338 g/mol. The zero-order valence-electron chi connectivity index (χ0n) is 17.3. The van der Waals surface area contributed by atoms with Gasteiger partial charge in [0.05, 0.1) is 5.71 Å². The van der Waals surface area contributed by atoms with Crippen LogP contribution in [0.15, 0.2) is 16.8 Å². The van der Waals surface area contributed by atoms with Crippen LogP contribution in [0.5, 0.6) is 0 Å². The molecule has 3 fully saturated rings. The lowest BCUT2D eigenvalue weighted by Crippen LogP contribution is -2.54. The third kappa shape index (κ3) is 2.86. The Hall–Kier alpha value is -1.32. The molecule has 0 unspecified atom stereocenters. The minimum atomic E-state index is -0.129. The van der Waals surface area contributed by atoms with Gasteiger partial charge in [-0.05, 0) is 98.4 Å². The maximum Gasteiger partial charge on any atom is 0.302 e. The number of hydrogen-bond donors (Lipinski definition) is 1. The van der Waals surface area contributed by atoms with Crippen LogP contribution in [-0.4, -0.2) is 23.0 Å². The summed E-state index contributed by atoms with van der Waals surface area (Å²) >= 11 is 0. The van der Waals surface area contributed by atoms with Gasteiger partial charge in [0, 0.05) is 6.92 Å². The fraction of sp³-hybridized carbons (Fsp3) is 0.826. The number of fused-ring (bicyclic) bond motifs is 5. The third-order valence-electron chi connectivity index (χ3n) is 9.07. The Morgan fingerprint density at radius 1 is 1.15 bits per heavy atom. The lowest BCUT2D eigenvalue weighted by Gasteiger charge is -2.60. The molecule has 4 nitrogen and oxygen atoms in total. The number of hydrogen-bond acceptors (Lipinski definition) is 4. The summed E-state index contributed by atoms with van der Waals surface area (Å²) in [6.07, 6.45) is 11.9. The minimum absolute atomic E-state index is 0.129. The highest BCUT2D eigenvalue weighted by Crippen LogP contribution is 2.66. The van der Waals surface area contributed by atoms with Crippen molar-refractivity contribution < 1.29 is 14.7 Å². The highest BCUT2D eigenvalue weighted by Gasteiger charge is 2.59. The second kappa shape index (κ2) is 6.63. The van der Waals surface area contributed by atoms with Crippen molar-refractivity contribution >= 4 is 11.7 Å². The van der Waals surface area contributed by atoms with Gasteiger partial charge in [-0.1, -0.05) is 25.1 Å². The highest BCUT2D eigenvalue weighted by molar-refractivity contribution is 5.99. The largest absolute Gasteiger partial charge is 0.463 e. The van der Waals surface area contributed by atoms with Gasteiger partial charge < -0.3 is 9.94 Å². The predicted octanol–water partition coefficient (Wildman–Crippen LogP) is 5.35. The van der Waals surface area contributed by atoms with Crippen molar-refractivity contribution in [1.82, 2.24) is 0 Å². The van der Waals surface area contributed by atoms with Crippen molar-refractivity contribution in [2.75, 3.05) is 0 Å². The molecule has 4 aliphatic rings. The quantitative estimate of drug-likeness (QED) is 0.307. The van der Waals surface area contributed by atoms with E-state index in [-0.39, 0.29) is 17.5 Å². The van der Waals surface area contributed by atoms with Crippen LogP contribution in [0.25, 0.3) is 0 Å². The molecule has 7 atom stereocenters. The van der Waals surface area contributed by atoms with E-state index >= 15 is 0 Å². The Morgan fingerprint density at radius 3 is 2.63 bits per heavy atom. The summed E-state index contributed by atoms with van der Waals surface area (Å²) in [5.74, 6) is 2.81. The number of esters is 1. The van der Waals surface area contributed by atoms with Crippen molar-refractivity contribution in [2.24, 2.45) is 39.7 Å². The molecule has 4 rings (SSSR count). The Bertz CT molecular complexity index is 683. The number of carbonyl (C=O) groups is 1. The fourth-order valence-corrected chi connectivity index (χ4v) is 7.74. The number of allylic oxidation sites excluding steroid dienone is 2. The molecule has 3 saturated carbocycles. The van der Waals surface area contributed by atoms with Crippen LogP contribution in [0.1, 0.15) is 79.1 Å². The van der Waals surface area contributed by atoms with Gasteiger partial charge in [0.25, 0.3) is 0 Å². The average molecular weight is 374 g/mol. The van der Waals surface area contributed by atoms with Crippen molar-refractivity contribution in [1.29, 1.82) is 0 Å². The first-order valence-electron chi connectivity index (χ1n) is 10.9. The first-order valence-corrected chi connectivity index (χ1v) is 10.9. The van der Waals surface area contributed by atoms with Crippen LogP contribution in [-0.2, 0) is 9.53 Å². The summed E-state index contributed by atoms with van der Waals surface area (Å²) in [6, 6.07) is 0. The maximum absolute atomic E-state index is 11.4. The van der Waals surface area contributed by atoms with Crippen LogP contribution >= 0.6 is 0 Å². The van der Waals surface area contributed by atoms with Gasteiger partial charge in [-0.15, -0.1) is 0 Å². The van der Waals surface area contributed by atoms with E-state index in [2.05, 4.69) is 25.1 Å². The lowest BCUT2D eigenvalue weighted by molar-refractivity contribution is -0.158. The van der Waals surface area contributed by atoms with E-state index in [1.165, 1.54) is 44.6 Å². The van der Waals surface area contributed by atoms with Gasteiger partial charge in [0.1, 0.15) is 6.10 Å². The monoisotopic (exact) mass is 373 g/mol. The topological polar surface area (TPSA) is 58.9 Å². The number of ether oxygens (including phenoxy) is 1. The van der Waals surface area contributed by atoms with Gasteiger partial charge in [0.15, 0.2) is 0 Å². The summed E-state index contributed by atoms with van der Waals surface area (Å²) in [4.78, 5) is 11.4. The SMILES string of the molecule is CC(=O)O[C@@H]1CC[C@@]2(C)[C@@H](CC[C@@H]3[C@@H]2CC[C@]2(C)C(/C(C)=N\O)=CC[C@@H]32)C1. The summed E-state index contributed by atoms with van der Waals surface area (Å²) in [6.45, 7) is 8.42. The summed E-state index contributed by atoms with van der Waals surface area (Å²) < 4.78 is 5.58. The van der Waals surface area contributed by atoms with Crippen LogP contribution in [0.3, 0.4) is 0 Å². The minimum Gasteiger partial charge on any atom is -0.463 e. The van der Waals surface area contributed by atoms with E-state index in [4.69, 9.17) is 4.74 Å². The molecule has 4 aliphatic carbocycles. The molecule has 0 radical (unpaired) electrons. The molecule has 0 saturated heterocycles. The van der Waals surface area contributed by atoms with E-state index in [0.29, 0.717) is 17.3 Å². The molecule has 0 aliphatic heterocycles.